The van der Waals surface area contributed by atoms with Crippen LogP contribution in [-0.4, -0.2) is 56.3 Å². The predicted octanol–water partition coefficient (Wildman–Crippen LogP) is 2.53. The lowest BCUT2D eigenvalue weighted by Gasteiger charge is -2.56. The van der Waals surface area contributed by atoms with Gasteiger partial charge < -0.3 is 24.3 Å². The Bertz CT molecular complexity index is 647. The summed E-state index contributed by atoms with van der Waals surface area (Å²) in [5, 5.41) is 10.9. The Kier molecular flexibility index (Phi) is 5.07. The van der Waals surface area contributed by atoms with E-state index in [2.05, 4.69) is 24.9 Å². The molecule has 0 aromatic heterocycles. The third-order valence-electron chi connectivity index (χ3n) is 6.46. The lowest BCUT2D eigenvalue weighted by Crippen LogP contribution is -2.59. The van der Waals surface area contributed by atoms with E-state index in [4.69, 9.17) is 9.47 Å². The minimum absolute atomic E-state index is 0.110. The van der Waals surface area contributed by atoms with Gasteiger partial charge in [0.1, 0.15) is 6.29 Å². The highest BCUT2D eigenvalue weighted by atomic mass is 16.5. The minimum atomic E-state index is -0.349. The van der Waals surface area contributed by atoms with E-state index in [1.807, 2.05) is 6.07 Å². The molecule has 3 unspecified atom stereocenters. The van der Waals surface area contributed by atoms with Crippen molar-refractivity contribution in [2.24, 2.45) is 5.92 Å². The number of methoxy groups -OCH3 is 2. The maximum absolute atomic E-state index is 11.7. The third-order valence-corrected chi connectivity index (χ3v) is 6.46. The number of ether oxygens (including phenoxy) is 2. The summed E-state index contributed by atoms with van der Waals surface area (Å²) in [6.07, 6.45) is 4.15. The van der Waals surface area contributed by atoms with Crippen molar-refractivity contribution < 1.29 is 19.4 Å². The molecule has 1 aliphatic heterocycles. The second-order valence-corrected chi connectivity index (χ2v) is 7.57. The number of carbonyl (C=O) groups is 1. The Balaban J connectivity index is 2.19. The van der Waals surface area contributed by atoms with Crippen molar-refractivity contribution in [3.63, 3.8) is 0 Å². The summed E-state index contributed by atoms with van der Waals surface area (Å²) in [6.45, 7) is 3.00. The fourth-order valence-electron chi connectivity index (χ4n) is 5.08. The van der Waals surface area contributed by atoms with Crippen LogP contribution in [0.4, 0.5) is 0 Å². The molecule has 25 heavy (non-hydrogen) atoms. The van der Waals surface area contributed by atoms with Crippen molar-refractivity contribution in [2.45, 2.75) is 50.2 Å². The van der Waals surface area contributed by atoms with Gasteiger partial charge in [0, 0.05) is 30.6 Å². The number of likely N-dealkylation sites (tertiary alicyclic amines) is 1. The van der Waals surface area contributed by atoms with E-state index in [-0.39, 0.29) is 23.2 Å². The summed E-state index contributed by atoms with van der Waals surface area (Å²) < 4.78 is 10.9. The Hall–Kier alpha value is -1.59. The molecular weight excluding hydrogens is 318 g/mol. The smallest absolute Gasteiger partial charge is 0.161 e. The normalized spacial score (nSPS) is 29.8. The highest BCUT2D eigenvalue weighted by Crippen LogP contribution is 2.56. The molecule has 138 valence electrons. The second kappa shape index (κ2) is 6.96. The van der Waals surface area contributed by atoms with Crippen LogP contribution >= 0.6 is 0 Å². The fraction of sp³-hybridized carbons (Fsp3) is 0.650. The van der Waals surface area contributed by atoms with Crippen LogP contribution in [0.1, 0.15) is 37.3 Å². The average molecular weight is 347 g/mol. The number of rotatable bonds is 6. The first-order valence-electron chi connectivity index (χ1n) is 9.04. The van der Waals surface area contributed by atoms with Crippen LogP contribution in [0.25, 0.3) is 0 Å². The summed E-state index contributed by atoms with van der Waals surface area (Å²) in [5.74, 6) is 0.955. The largest absolute Gasteiger partial charge is 0.504 e. The molecule has 1 aromatic carbocycles. The maximum atomic E-state index is 11.7. The van der Waals surface area contributed by atoms with E-state index >= 15 is 0 Å². The van der Waals surface area contributed by atoms with E-state index in [1.165, 1.54) is 0 Å². The Morgan fingerprint density at radius 2 is 2.20 bits per heavy atom. The van der Waals surface area contributed by atoms with Crippen molar-refractivity contribution in [3.05, 3.63) is 23.3 Å². The molecule has 0 spiro atoms. The number of carbonyl (C=O) groups excluding carboxylic acids is 1. The Labute approximate surface area is 149 Å². The van der Waals surface area contributed by atoms with Gasteiger partial charge in [-0.05, 0) is 57.3 Å². The van der Waals surface area contributed by atoms with Gasteiger partial charge in [-0.15, -0.1) is 0 Å². The second-order valence-electron chi connectivity index (χ2n) is 7.57. The molecule has 5 heteroatoms. The van der Waals surface area contributed by atoms with Crippen LogP contribution in [0, 0.1) is 5.92 Å². The number of benzene rings is 1. The van der Waals surface area contributed by atoms with Crippen molar-refractivity contribution >= 4 is 6.29 Å². The van der Waals surface area contributed by atoms with Crippen molar-refractivity contribution in [2.75, 3.05) is 27.8 Å². The molecule has 0 radical (unpaired) electrons. The van der Waals surface area contributed by atoms with Gasteiger partial charge in [-0.1, -0.05) is 6.07 Å². The van der Waals surface area contributed by atoms with Crippen molar-refractivity contribution in [1.29, 1.82) is 0 Å². The zero-order valence-electron chi connectivity index (χ0n) is 15.6. The first kappa shape index (κ1) is 18.2. The molecular formula is C20H29NO4. The molecule has 4 atom stereocenters. The van der Waals surface area contributed by atoms with Crippen molar-refractivity contribution in [3.8, 4) is 11.5 Å². The minimum Gasteiger partial charge on any atom is -0.504 e. The zero-order valence-corrected chi connectivity index (χ0v) is 15.6. The molecule has 1 N–H and O–H groups in total. The summed E-state index contributed by atoms with van der Waals surface area (Å²) in [4.78, 5) is 14.1. The van der Waals surface area contributed by atoms with Crippen LogP contribution in [0.5, 0.6) is 11.5 Å². The Morgan fingerprint density at radius 3 is 2.84 bits per heavy atom. The number of hydrogen-bond acceptors (Lipinski definition) is 5. The number of phenols is 1. The molecule has 0 amide bonds. The molecule has 1 aromatic rings. The summed E-state index contributed by atoms with van der Waals surface area (Å²) in [5.41, 5.74) is 1.72. The van der Waals surface area contributed by atoms with E-state index in [1.54, 1.807) is 14.2 Å². The van der Waals surface area contributed by atoms with Gasteiger partial charge in [-0.3, -0.25) is 0 Å². The van der Waals surface area contributed by atoms with Crippen LogP contribution < -0.4 is 4.74 Å². The van der Waals surface area contributed by atoms with Gasteiger partial charge >= 0.3 is 0 Å². The molecule has 0 saturated carbocycles. The van der Waals surface area contributed by atoms with E-state index < -0.39 is 0 Å². The number of hydrogen-bond donors (Lipinski definition) is 1. The monoisotopic (exact) mass is 347 g/mol. The summed E-state index contributed by atoms with van der Waals surface area (Å²) in [7, 11) is 5.46. The van der Waals surface area contributed by atoms with E-state index in [9.17, 15) is 9.90 Å². The van der Waals surface area contributed by atoms with Crippen molar-refractivity contribution in [1.82, 2.24) is 4.90 Å². The fourth-order valence-corrected chi connectivity index (χ4v) is 5.08. The van der Waals surface area contributed by atoms with Crippen LogP contribution in [0.2, 0.25) is 0 Å². The van der Waals surface area contributed by atoms with Crippen LogP contribution in [0.3, 0.4) is 0 Å². The predicted molar refractivity (Wildman–Crippen MR) is 96.3 cm³/mol. The van der Waals surface area contributed by atoms with Crippen LogP contribution in [-0.2, 0) is 21.4 Å². The highest BCUT2D eigenvalue weighted by Gasteiger charge is 2.54. The van der Waals surface area contributed by atoms with Gasteiger partial charge in [0.15, 0.2) is 11.5 Å². The van der Waals surface area contributed by atoms with Gasteiger partial charge in [0.05, 0.1) is 13.2 Å². The number of aromatic hydroxyl groups is 1. The third kappa shape index (κ3) is 2.83. The molecule has 1 heterocycles. The van der Waals surface area contributed by atoms with Crippen LogP contribution in [0.15, 0.2) is 12.1 Å². The number of fused-ring (bicyclic) bond motifs is 4. The first-order valence-corrected chi connectivity index (χ1v) is 9.04. The number of likely N-dealkylation sites (N-methyl/N-ethyl adjacent to an activating group) is 1. The van der Waals surface area contributed by atoms with Gasteiger partial charge in [-0.25, -0.2) is 0 Å². The molecule has 2 aliphatic rings. The molecule has 1 aliphatic carbocycles. The lowest BCUT2D eigenvalue weighted by molar-refractivity contribution is -0.111. The van der Waals surface area contributed by atoms with Gasteiger partial charge in [0.25, 0.3) is 0 Å². The summed E-state index contributed by atoms with van der Waals surface area (Å²) in [6, 6.07) is 4.23. The number of nitrogens with zero attached hydrogens (tertiary/aromatic N) is 1. The molecule has 1 saturated heterocycles. The first-order chi connectivity index (χ1) is 12.0. The zero-order chi connectivity index (χ0) is 18.2. The Morgan fingerprint density at radius 1 is 1.44 bits per heavy atom. The standard InChI is InChI=1S/C20H29NO4/c1-13(24-3)11-15-16-12-14-5-6-17(25-4)19(23)18(14)20(15,8-10-22)7-9-21(16)2/h5-6,10,13,15-16,23H,7-9,11-12H2,1-4H3/t13?,15?,16?,20-/m1/s1. The maximum Gasteiger partial charge on any atom is 0.161 e. The highest BCUT2D eigenvalue weighted by molar-refractivity contribution is 5.61. The number of phenolic OH excluding ortho intramolecular Hbond substituents is 1. The SMILES string of the molecule is COc1ccc2c(c1O)[C@@]1(CC=O)CCN(C)C(C2)C1CC(C)OC. The van der Waals surface area contributed by atoms with E-state index in [0.717, 1.165) is 43.2 Å². The lowest BCUT2D eigenvalue weighted by atomic mass is 9.54. The summed E-state index contributed by atoms with van der Waals surface area (Å²) >= 11 is 0. The molecule has 2 bridgehead atoms. The number of piperidine rings is 1. The number of aldehydes is 1. The molecule has 5 nitrogen and oxygen atoms in total. The topological polar surface area (TPSA) is 59.0 Å². The van der Waals surface area contributed by atoms with Gasteiger partial charge in [0.2, 0.25) is 0 Å². The van der Waals surface area contributed by atoms with E-state index in [0.29, 0.717) is 18.2 Å². The molecule has 1 fully saturated rings. The quantitative estimate of drug-likeness (QED) is 0.802. The molecule has 3 rings (SSSR count). The average Bonchev–Trinajstić information content (AvgIpc) is 2.60. The van der Waals surface area contributed by atoms with Gasteiger partial charge in [-0.2, -0.15) is 0 Å².